The molecule has 6 heteroatoms. The lowest BCUT2D eigenvalue weighted by atomic mass is 10.0. The molecule has 0 atom stereocenters. The van der Waals surface area contributed by atoms with Crippen LogP contribution in [0.25, 0.3) is 0 Å². The molecule has 0 saturated carbocycles. The third-order valence-corrected chi connectivity index (χ3v) is 2.80. The van der Waals surface area contributed by atoms with Crippen LogP contribution in [-0.4, -0.2) is 47.0 Å². The van der Waals surface area contributed by atoms with Gasteiger partial charge in [0.25, 0.3) is 5.91 Å². The number of likely N-dealkylation sites (N-methyl/N-ethyl adjacent to an activating group) is 1. The van der Waals surface area contributed by atoms with Crippen LogP contribution in [0.3, 0.4) is 0 Å². The summed E-state index contributed by atoms with van der Waals surface area (Å²) >= 11 is 0. The van der Waals surface area contributed by atoms with Gasteiger partial charge in [0.05, 0.1) is 12.4 Å². The van der Waals surface area contributed by atoms with Crippen molar-refractivity contribution in [2.75, 3.05) is 26.0 Å². The van der Waals surface area contributed by atoms with Crippen molar-refractivity contribution in [3.8, 4) is 0 Å². The summed E-state index contributed by atoms with van der Waals surface area (Å²) in [6, 6.07) is 0. The average molecular weight is 237 g/mol. The number of rotatable bonds is 5. The van der Waals surface area contributed by atoms with Crippen molar-refractivity contribution >= 4 is 11.7 Å². The monoisotopic (exact) mass is 237 g/mol. The van der Waals surface area contributed by atoms with Gasteiger partial charge in [-0.15, -0.1) is 0 Å². The van der Waals surface area contributed by atoms with Gasteiger partial charge < -0.3 is 16.0 Å². The Morgan fingerprint density at radius 1 is 1.47 bits per heavy atom. The fourth-order valence-corrected chi connectivity index (χ4v) is 1.03. The molecule has 0 spiro atoms. The minimum atomic E-state index is -0.576. The molecule has 94 valence electrons. The van der Waals surface area contributed by atoms with Crippen molar-refractivity contribution in [3.63, 3.8) is 0 Å². The first-order valence-electron chi connectivity index (χ1n) is 5.36. The molecule has 0 aliphatic carbocycles. The van der Waals surface area contributed by atoms with Crippen molar-refractivity contribution in [2.45, 2.75) is 19.4 Å². The summed E-state index contributed by atoms with van der Waals surface area (Å²) in [6.45, 7) is 4.90. The maximum absolute atomic E-state index is 10.9. The third-order valence-electron chi connectivity index (χ3n) is 2.80. The van der Waals surface area contributed by atoms with Crippen LogP contribution in [-0.2, 0) is 0 Å². The number of anilines is 1. The van der Waals surface area contributed by atoms with E-state index in [-0.39, 0.29) is 11.2 Å². The molecule has 6 nitrogen and oxygen atoms in total. The van der Waals surface area contributed by atoms with E-state index in [1.165, 1.54) is 6.20 Å². The Kier molecular flexibility index (Phi) is 4.01. The number of aromatic nitrogens is 2. The molecule has 1 aromatic rings. The second-order valence-corrected chi connectivity index (χ2v) is 4.71. The smallest absolute Gasteiger partial charge is 0.268 e. The van der Waals surface area contributed by atoms with Gasteiger partial charge in [-0.25, -0.2) is 4.98 Å². The Morgan fingerprint density at radius 2 is 2.12 bits per heavy atom. The van der Waals surface area contributed by atoms with E-state index in [9.17, 15) is 4.79 Å². The fourth-order valence-electron chi connectivity index (χ4n) is 1.03. The molecule has 0 saturated heterocycles. The molecule has 0 radical (unpaired) electrons. The molecule has 0 unspecified atom stereocenters. The highest BCUT2D eigenvalue weighted by Crippen LogP contribution is 2.11. The van der Waals surface area contributed by atoms with Gasteiger partial charge in [-0.1, -0.05) is 0 Å². The van der Waals surface area contributed by atoms with Crippen molar-refractivity contribution < 1.29 is 4.79 Å². The molecule has 3 N–H and O–H groups in total. The molecule has 1 amide bonds. The number of nitrogens with one attached hydrogen (secondary N) is 1. The van der Waals surface area contributed by atoms with Crippen molar-refractivity contribution in [2.24, 2.45) is 5.73 Å². The summed E-state index contributed by atoms with van der Waals surface area (Å²) in [4.78, 5) is 21.0. The lowest BCUT2D eigenvalue weighted by molar-refractivity contribution is 0.0995. The van der Waals surface area contributed by atoms with Crippen molar-refractivity contribution in [1.29, 1.82) is 0 Å². The molecule has 0 aliphatic rings. The Bertz CT molecular complexity index is 403. The fraction of sp³-hybridized carbons (Fsp3) is 0.545. The summed E-state index contributed by atoms with van der Waals surface area (Å²) in [5, 5.41) is 3.14. The van der Waals surface area contributed by atoms with Gasteiger partial charge in [0.2, 0.25) is 0 Å². The minimum Gasteiger partial charge on any atom is -0.367 e. The SMILES string of the molecule is CN(C)C(C)(C)CNc1cncc(C(N)=O)n1. The van der Waals surface area contributed by atoms with Gasteiger partial charge in [0, 0.05) is 12.1 Å². The van der Waals surface area contributed by atoms with Gasteiger partial charge in [0.1, 0.15) is 11.5 Å². The van der Waals surface area contributed by atoms with Crippen LogP contribution in [0.5, 0.6) is 0 Å². The Balaban J connectivity index is 2.70. The van der Waals surface area contributed by atoms with Crippen LogP contribution < -0.4 is 11.1 Å². The maximum atomic E-state index is 10.9. The van der Waals surface area contributed by atoms with Gasteiger partial charge in [-0.3, -0.25) is 9.78 Å². The van der Waals surface area contributed by atoms with E-state index in [2.05, 4.69) is 34.0 Å². The standard InChI is InChI=1S/C11H19N5O/c1-11(2,16(3)4)7-14-9-6-13-5-8(15-9)10(12)17/h5-6H,7H2,1-4H3,(H2,12,17)(H,14,15). The van der Waals surface area contributed by atoms with E-state index in [1.807, 2.05) is 14.1 Å². The summed E-state index contributed by atoms with van der Waals surface area (Å²) in [5.41, 5.74) is 5.28. The van der Waals surface area contributed by atoms with Crippen molar-refractivity contribution in [3.05, 3.63) is 18.1 Å². The Hall–Kier alpha value is -1.69. The average Bonchev–Trinajstić information content (AvgIpc) is 2.26. The van der Waals surface area contributed by atoms with Crippen LogP contribution in [0.2, 0.25) is 0 Å². The van der Waals surface area contributed by atoms with Crippen molar-refractivity contribution in [1.82, 2.24) is 14.9 Å². The van der Waals surface area contributed by atoms with E-state index in [0.29, 0.717) is 12.4 Å². The van der Waals surface area contributed by atoms with E-state index < -0.39 is 5.91 Å². The zero-order valence-electron chi connectivity index (χ0n) is 10.7. The highest BCUT2D eigenvalue weighted by Gasteiger charge is 2.20. The molecule has 17 heavy (non-hydrogen) atoms. The summed E-state index contributed by atoms with van der Waals surface area (Å²) in [5.74, 6) is -0.0238. The Labute approximate surface area is 101 Å². The van der Waals surface area contributed by atoms with Gasteiger partial charge in [-0.05, 0) is 27.9 Å². The van der Waals surface area contributed by atoms with E-state index in [0.717, 1.165) is 0 Å². The zero-order valence-corrected chi connectivity index (χ0v) is 10.7. The van der Waals surface area contributed by atoms with Gasteiger partial charge in [0.15, 0.2) is 0 Å². The van der Waals surface area contributed by atoms with E-state index in [4.69, 9.17) is 5.73 Å². The number of primary amides is 1. The second-order valence-electron chi connectivity index (χ2n) is 4.71. The lowest BCUT2D eigenvalue weighted by Crippen LogP contribution is -2.44. The highest BCUT2D eigenvalue weighted by atomic mass is 16.1. The van der Waals surface area contributed by atoms with Gasteiger partial charge >= 0.3 is 0 Å². The first-order valence-corrected chi connectivity index (χ1v) is 5.36. The molecule has 0 aliphatic heterocycles. The molecule has 0 aromatic carbocycles. The number of nitrogens with zero attached hydrogens (tertiary/aromatic N) is 3. The summed E-state index contributed by atoms with van der Waals surface area (Å²) < 4.78 is 0. The van der Waals surface area contributed by atoms with Crippen LogP contribution in [0, 0.1) is 0 Å². The number of carbonyl (C=O) groups excluding carboxylic acids is 1. The molecule has 1 heterocycles. The van der Waals surface area contributed by atoms with Crippen LogP contribution >= 0.6 is 0 Å². The largest absolute Gasteiger partial charge is 0.367 e. The normalized spacial score (nSPS) is 11.6. The molecule has 0 fully saturated rings. The third kappa shape index (κ3) is 3.67. The van der Waals surface area contributed by atoms with Gasteiger partial charge in [-0.2, -0.15) is 0 Å². The summed E-state index contributed by atoms with van der Waals surface area (Å²) in [6.07, 6.45) is 2.92. The predicted molar refractivity (Wildman–Crippen MR) is 66.8 cm³/mol. The second kappa shape index (κ2) is 5.09. The summed E-state index contributed by atoms with van der Waals surface area (Å²) in [7, 11) is 4.01. The predicted octanol–water partition coefficient (Wildman–Crippen LogP) is 0.328. The number of carbonyl (C=O) groups is 1. The molecule has 0 bridgehead atoms. The van der Waals surface area contributed by atoms with Crippen LogP contribution in [0.4, 0.5) is 5.82 Å². The first kappa shape index (κ1) is 13.4. The molecular weight excluding hydrogens is 218 g/mol. The van der Waals surface area contributed by atoms with E-state index >= 15 is 0 Å². The zero-order chi connectivity index (χ0) is 13.1. The van der Waals surface area contributed by atoms with Crippen LogP contribution in [0.1, 0.15) is 24.3 Å². The molecule has 1 aromatic heterocycles. The minimum absolute atomic E-state index is 0.0234. The highest BCUT2D eigenvalue weighted by molar-refractivity contribution is 5.90. The number of hydrogen-bond acceptors (Lipinski definition) is 5. The number of nitrogens with two attached hydrogens (primary N) is 1. The topological polar surface area (TPSA) is 84.1 Å². The number of hydrogen-bond donors (Lipinski definition) is 2. The quantitative estimate of drug-likeness (QED) is 0.771. The van der Waals surface area contributed by atoms with Crippen LogP contribution in [0.15, 0.2) is 12.4 Å². The molecule has 1 rings (SSSR count). The maximum Gasteiger partial charge on any atom is 0.268 e. The first-order chi connectivity index (χ1) is 7.83. The Morgan fingerprint density at radius 3 is 2.65 bits per heavy atom. The van der Waals surface area contributed by atoms with E-state index in [1.54, 1.807) is 6.20 Å². The molecular formula is C11H19N5O. The number of amides is 1. The lowest BCUT2D eigenvalue weighted by Gasteiger charge is -2.32.